The Kier molecular flexibility index (Phi) is 5.26. The van der Waals surface area contributed by atoms with Gasteiger partial charge in [-0.3, -0.25) is 19.7 Å². The molecule has 4 rings (SSSR count). The SMILES string of the molecule is CCC1(c2ccc(NC(=O)c3cc4ccccc4c(Cl)n3)cc2)CCC(=O)NC1=O. The number of anilines is 1. The van der Waals surface area contributed by atoms with Crippen LogP contribution in [0.15, 0.2) is 54.6 Å². The van der Waals surface area contributed by atoms with Gasteiger partial charge in [-0.25, -0.2) is 4.98 Å². The van der Waals surface area contributed by atoms with E-state index in [4.69, 9.17) is 11.6 Å². The third kappa shape index (κ3) is 3.55. The van der Waals surface area contributed by atoms with Crippen LogP contribution in [0, 0.1) is 0 Å². The highest BCUT2D eigenvalue weighted by molar-refractivity contribution is 6.34. The van der Waals surface area contributed by atoms with Crippen LogP contribution in [0.5, 0.6) is 0 Å². The van der Waals surface area contributed by atoms with Crippen LogP contribution in [-0.4, -0.2) is 22.7 Å². The molecule has 1 atom stereocenters. The third-order valence-electron chi connectivity index (χ3n) is 5.69. The van der Waals surface area contributed by atoms with Crippen molar-refractivity contribution in [3.8, 4) is 0 Å². The maximum atomic E-state index is 12.7. The molecular formula is C23H20ClN3O3. The van der Waals surface area contributed by atoms with Crippen LogP contribution < -0.4 is 10.6 Å². The van der Waals surface area contributed by atoms with Crippen LogP contribution in [0.1, 0.15) is 42.2 Å². The van der Waals surface area contributed by atoms with Gasteiger partial charge in [-0.15, -0.1) is 0 Å². The molecule has 0 saturated carbocycles. The van der Waals surface area contributed by atoms with Gasteiger partial charge in [-0.2, -0.15) is 0 Å². The van der Waals surface area contributed by atoms with E-state index in [-0.39, 0.29) is 28.6 Å². The summed E-state index contributed by atoms with van der Waals surface area (Å²) < 4.78 is 0. The van der Waals surface area contributed by atoms with E-state index < -0.39 is 5.41 Å². The number of hydrogen-bond acceptors (Lipinski definition) is 4. The van der Waals surface area contributed by atoms with E-state index in [1.165, 1.54) is 0 Å². The van der Waals surface area contributed by atoms with Gasteiger partial charge in [-0.05, 0) is 42.0 Å². The second kappa shape index (κ2) is 7.88. The van der Waals surface area contributed by atoms with E-state index >= 15 is 0 Å². The van der Waals surface area contributed by atoms with Crippen LogP contribution in [0.2, 0.25) is 5.15 Å². The van der Waals surface area contributed by atoms with Crippen molar-refractivity contribution in [2.75, 3.05) is 5.32 Å². The Morgan fingerprint density at radius 3 is 2.60 bits per heavy atom. The molecule has 1 aromatic heterocycles. The summed E-state index contributed by atoms with van der Waals surface area (Å²) in [4.78, 5) is 40.9. The minimum Gasteiger partial charge on any atom is -0.321 e. The number of nitrogens with one attached hydrogen (secondary N) is 2. The summed E-state index contributed by atoms with van der Waals surface area (Å²) in [6.07, 6.45) is 1.36. The first-order valence-corrected chi connectivity index (χ1v) is 10.1. The van der Waals surface area contributed by atoms with Crippen molar-refractivity contribution in [1.82, 2.24) is 10.3 Å². The van der Waals surface area contributed by atoms with E-state index in [2.05, 4.69) is 15.6 Å². The lowest BCUT2D eigenvalue weighted by atomic mass is 9.72. The lowest BCUT2D eigenvalue weighted by molar-refractivity contribution is -0.138. The number of aromatic nitrogens is 1. The van der Waals surface area contributed by atoms with Crippen LogP contribution in [0.4, 0.5) is 5.69 Å². The van der Waals surface area contributed by atoms with Crippen molar-refractivity contribution in [1.29, 1.82) is 0 Å². The molecule has 2 N–H and O–H groups in total. The maximum Gasteiger partial charge on any atom is 0.274 e. The average molecular weight is 422 g/mol. The molecule has 3 amide bonds. The van der Waals surface area contributed by atoms with Crippen molar-refractivity contribution in [3.05, 3.63) is 71.0 Å². The van der Waals surface area contributed by atoms with Gasteiger partial charge in [-0.1, -0.05) is 54.9 Å². The molecule has 0 bridgehead atoms. The van der Waals surface area contributed by atoms with E-state index in [0.29, 0.717) is 24.9 Å². The molecule has 1 aliphatic rings. The van der Waals surface area contributed by atoms with Crippen molar-refractivity contribution in [2.24, 2.45) is 0 Å². The predicted octanol–water partition coefficient (Wildman–Crippen LogP) is 4.22. The molecule has 3 aromatic rings. The highest BCUT2D eigenvalue weighted by Gasteiger charge is 2.42. The quantitative estimate of drug-likeness (QED) is 0.487. The number of carbonyl (C=O) groups is 3. The molecule has 1 fully saturated rings. The number of benzene rings is 2. The molecule has 6 nitrogen and oxygen atoms in total. The second-order valence-corrected chi connectivity index (χ2v) is 7.72. The molecule has 0 radical (unpaired) electrons. The fourth-order valence-corrected chi connectivity index (χ4v) is 4.17. The van der Waals surface area contributed by atoms with Crippen molar-refractivity contribution in [3.63, 3.8) is 0 Å². The van der Waals surface area contributed by atoms with Gasteiger partial charge >= 0.3 is 0 Å². The molecule has 30 heavy (non-hydrogen) atoms. The van der Waals surface area contributed by atoms with E-state index in [9.17, 15) is 14.4 Å². The average Bonchev–Trinajstić information content (AvgIpc) is 2.75. The highest BCUT2D eigenvalue weighted by Crippen LogP contribution is 2.36. The lowest BCUT2D eigenvalue weighted by Gasteiger charge is -2.35. The number of halogens is 1. The minimum atomic E-state index is -0.732. The Morgan fingerprint density at radius 1 is 1.17 bits per heavy atom. The van der Waals surface area contributed by atoms with Crippen molar-refractivity contribution < 1.29 is 14.4 Å². The highest BCUT2D eigenvalue weighted by atomic mass is 35.5. The minimum absolute atomic E-state index is 0.220. The summed E-state index contributed by atoms with van der Waals surface area (Å²) in [6, 6.07) is 16.3. The summed E-state index contributed by atoms with van der Waals surface area (Å²) in [5, 5.41) is 7.15. The molecule has 1 saturated heterocycles. The van der Waals surface area contributed by atoms with Gasteiger partial charge in [0.2, 0.25) is 11.8 Å². The molecule has 1 aliphatic heterocycles. The number of fused-ring (bicyclic) bond motifs is 1. The number of hydrogen-bond donors (Lipinski definition) is 2. The predicted molar refractivity (Wildman–Crippen MR) is 116 cm³/mol. The van der Waals surface area contributed by atoms with Crippen molar-refractivity contribution >= 4 is 45.8 Å². The number of amides is 3. The largest absolute Gasteiger partial charge is 0.321 e. The van der Waals surface area contributed by atoms with E-state index in [1.807, 2.05) is 43.3 Å². The monoisotopic (exact) mass is 421 g/mol. The summed E-state index contributed by atoms with van der Waals surface area (Å²) in [6.45, 7) is 1.93. The van der Waals surface area contributed by atoms with Gasteiger partial charge < -0.3 is 5.32 Å². The summed E-state index contributed by atoms with van der Waals surface area (Å²) >= 11 is 6.22. The van der Waals surface area contributed by atoms with Crippen LogP contribution in [0.3, 0.4) is 0 Å². The molecule has 2 heterocycles. The van der Waals surface area contributed by atoms with Gasteiger partial charge in [0, 0.05) is 17.5 Å². The molecule has 2 aromatic carbocycles. The number of carbonyl (C=O) groups excluding carboxylic acids is 3. The molecule has 7 heteroatoms. The third-order valence-corrected chi connectivity index (χ3v) is 5.98. The first-order chi connectivity index (χ1) is 14.4. The zero-order valence-electron chi connectivity index (χ0n) is 16.4. The van der Waals surface area contributed by atoms with Gasteiger partial charge in [0.25, 0.3) is 5.91 Å². The van der Waals surface area contributed by atoms with Crippen molar-refractivity contribution in [2.45, 2.75) is 31.6 Å². The normalized spacial score (nSPS) is 18.9. The number of nitrogens with zero attached hydrogens (tertiary/aromatic N) is 1. The summed E-state index contributed by atoms with van der Waals surface area (Å²) in [5.41, 5.74) is 0.885. The van der Waals surface area contributed by atoms with Crippen LogP contribution >= 0.6 is 11.6 Å². The summed E-state index contributed by atoms with van der Waals surface area (Å²) in [5.74, 6) is -0.885. The molecule has 152 valence electrons. The Hall–Kier alpha value is -3.25. The summed E-state index contributed by atoms with van der Waals surface area (Å²) in [7, 11) is 0. The topological polar surface area (TPSA) is 88.2 Å². The zero-order chi connectivity index (χ0) is 21.3. The van der Waals surface area contributed by atoms with E-state index in [0.717, 1.165) is 16.3 Å². The zero-order valence-corrected chi connectivity index (χ0v) is 17.1. The maximum absolute atomic E-state index is 12.7. The van der Waals surface area contributed by atoms with Crippen LogP contribution in [-0.2, 0) is 15.0 Å². The van der Waals surface area contributed by atoms with Crippen LogP contribution in [0.25, 0.3) is 10.8 Å². The Morgan fingerprint density at radius 2 is 1.90 bits per heavy atom. The van der Waals surface area contributed by atoms with E-state index in [1.54, 1.807) is 18.2 Å². The fraction of sp³-hybridized carbons (Fsp3) is 0.217. The number of pyridine rings is 1. The standard InChI is InChI=1S/C23H20ClN3O3/c1-2-23(12-11-19(28)27-22(23)30)15-7-9-16(10-8-15)25-21(29)18-13-14-5-3-4-6-17(14)20(24)26-18/h3-10,13H,2,11-12H2,1H3,(H,25,29)(H,27,28,30). The molecular weight excluding hydrogens is 402 g/mol. The second-order valence-electron chi connectivity index (χ2n) is 7.36. The lowest BCUT2D eigenvalue weighted by Crippen LogP contribution is -2.51. The van der Waals surface area contributed by atoms with Gasteiger partial charge in [0.1, 0.15) is 10.8 Å². The molecule has 1 unspecified atom stereocenters. The Balaban J connectivity index is 1.56. The Bertz CT molecular complexity index is 1160. The Labute approximate surface area is 178 Å². The number of piperidine rings is 1. The molecule has 0 aliphatic carbocycles. The number of rotatable bonds is 4. The number of imide groups is 1. The first-order valence-electron chi connectivity index (χ1n) is 9.74. The van der Waals surface area contributed by atoms with Gasteiger partial charge in [0.05, 0.1) is 5.41 Å². The molecule has 0 spiro atoms. The first kappa shape index (κ1) is 20.0. The fourth-order valence-electron chi connectivity index (χ4n) is 3.91. The van der Waals surface area contributed by atoms with Gasteiger partial charge in [0.15, 0.2) is 0 Å². The smallest absolute Gasteiger partial charge is 0.274 e.